The molecule has 0 radical (unpaired) electrons. The van der Waals surface area contributed by atoms with E-state index in [9.17, 15) is 0 Å². The summed E-state index contributed by atoms with van der Waals surface area (Å²) >= 11 is 0. The molecule has 0 aliphatic rings. The Kier molecular flexibility index (Phi) is 3.20. The second kappa shape index (κ2) is 4.80. The number of aryl methyl sites for hydroxylation is 1. The van der Waals surface area contributed by atoms with Gasteiger partial charge in [-0.05, 0) is 30.2 Å². The van der Waals surface area contributed by atoms with E-state index < -0.39 is 0 Å². The van der Waals surface area contributed by atoms with Gasteiger partial charge in [0.25, 0.3) is 0 Å². The molecule has 0 unspecified atom stereocenters. The fourth-order valence-electron chi connectivity index (χ4n) is 1.81. The third-order valence-electron chi connectivity index (χ3n) is 2.78. The van der Waals surface area contributed by atoms with E-state index in [1.54, 1.807) is 7.11 Å². The van der Waals surface area contributed by atoms with Crippen molar-refractivity contribution in [3.8, 4) is 23.2 Å². The van der Waals surface area contributed by atoms with Crippen molar-refractivity contribution in [3.63, 3.8) is 0 Å². The molecule has 92 valence electrons. The monoisotopic (exact) mass is 242 g/mol. The van der Waals surface area contributed by atoms with Crippen LogP contribution >= 0.6 is 0 Å². The maximum atomic E-state index is 8.84. The van der Waals surface area contributed by atoms with Crippen molar-refractivity contribution in [3.05, 3.63) is 29.5 Å². The number of ether oxygens (including phenoxy) is 1. The molecule has 0 saturated heterocycles. The normalized spacial score (nSPS) is 10.1. The van der Waals surface area contributed by atoms with E-state index in [1.165, 1.54) is 0 Å². The lowest BCUT2D eigenvalue weighted by Gasteiger charge is -2.07. The molecule has 0 spiro atoms. The number of nitrogens with two attached hydrogens (primary N) is 1. The molecule has 0 saturated carbocycles. The molecule has 0 amide bonds. The molecule has 1 aromatic carbocycles. The number of imidazole rings is 1. The topological polar surface area (TPSA) is 87.7 Å². The van der Waals surface area contributed by atoms with Crippen LogP contribution in [0.2, 0.25) is 0 Å². The van der Waals surface area contributed by atoms with Gasteiger partial charge in [-0.25, -0.2) is 4.98 Å². The summed E-state index contributed by atoms with van der Waals surface area (Å²) in [5, 5.41) is 8.84. The van der Waals surface area contributed by atoms with Crippen molar-refractivity contribution in [2.24, 2.45) is 0 Å². The number of nitrogens with one attached hydrogen (secondary N) is 1. The van der Waals surface area contributed by atoms with E-state index in [-0.39, 0.29) is 5.82 Å². The van der Waals surface area contributed by atoms with Gasteiger partial charge in [-0.3, -0.25) is 0 Å². The number of nitrogen functional groups attached to an aromatic ring is 1. The van der Waals surface area contributed by atoms with Crippen molar-refractivity contribution >= 4 is 5.82 Å². The van der Waals surface area contributed by atoms with E-state index in [0.717, 1.165) is 23.3 Å². The molecule has 5 nitrogen and oxygen atoms in total. The van der Waals surface area contributed by atoms with Gasteiger partial charge in [0.05, 0.1) is 7.11 Å². The number of nitriles is 1. The van der Waals surface area contributed by atoms with Gasteiger partial charge in [-0.1, -0.05) is 6.92 Å². The van der Waals surface area contributed by atoms with Gasteiger partial charge in [-0.15, -0.1) is 0 Å². The highest BCUT2D eigenvalue weighted by molar-refractivity contribution is 5.63. The summed E-state index contributed by atoms with van der Waals surface area (Å²) in [6.07, 6.45) is 0.859. The van der Waals surface area contributed by atoms with Gasteiger partial charge < -0.3 is 15.5 Å². The molecule has 0 bridgehead atoms. The summed E-state index contributed by atoms with van der Waals surface area (Å²) in [7, 11) is 1.65. The highest BCUT2D eigenvalue weighted by Gasteiger charge is 2.10. The van der Waals surface area contributed by atoms with Gasteiger partial charge in [0.1, 0.15) is 17.6 Å². The Morgan fingerprint density at radius 2 is 2.28 bits per heavy atom. The zero-order valence-corrected chi connectivity index (χ0v) is 10.3. The first kappa shape index (κ1) is 12.0. The number of anilines is 1. The molecule has 0 aliphatic heterocycles. The number of rotatable bonds is 3. The number of hydrogen-bond acceptors (Lipinski definition) is 4. The van der Waals surface area contributed by atoms with Crippen molar-refractivity contribution in [1.82, 2.24) is 9.97 Å². The van der Waals surface area contributed by atoms with Crippen LogP contribution in [0.1, 0.15) is 18.2 Å². The van der Waals surface area contributed by atoms with Crippen LogP contribution in [-0.2, 0) is 6.42 Å². The van der Waals surface area contributed by atoms with Crippen molar-refractivity contribution < 1.29 is 4.74 Å². The average Bonchev–Trinajstić information content (AvgIpc) is 2.79. The SMILES string of the molecule is CCc1cc(-c2nc(N)c(C#N)[nH]2)ccc1OC. The molecule has 1 aromatic heterocycles. The maximum Gasteiger partial charge on any atom is 0.161 e. The molecule has 5 heteroatoms. The Balaban J connectivity index is 2.48. The number of aromatic nitrogens is 2. The number of aromatic amines is 1. The molecule has 2 rings (SSSR count). The average molecular weight is 242 g/mol. The first-order chi connectivity index (χ1) is 8.69. The summed E-state index contributed by atoms with van der Waals surface area (Å²) in [5.74, 6) is 1.67. The highest BCUT2D eigenvalue weighted by atomic mass is 16.5. The predicted octanol–water partition coefficient (Wildman–Crippen LogP) is 2.10. The lowest BCUT2D eigenvalue weighted by atomic mass is 10.1. The quantitative estimate of drug-likeness (QED) is 0.862. The molecule has 0 aliphatic carbocycles. The van der Waals surface area contributed by atoms with Crippen LogP contribution in [0.15, 0.2) is 18.2 Å². The number of benzene rings is 1. The third-order valence-corrected chi connectivity index (χ3v) is 2.78. The fraction of sp³-hybridized carbons (Fsp3) is 0.231. The lowest BCUT2D eigenvalue weighted by Crippen LogP contribution is -1.92. The van der Waals surface area contributed by atoms with Crippen molar-refractivity contribution in [2.45, 2.75) is 13.3 Å². The van der Waals surface area contributed by atoms with Crippen LogP contribution in [0.5, 0.6) is 5.75 Å². The van der Waals surface area contributed by atoms with E-state index in [0.29, 0.717) is 11.5 Å². The zero-order chi connectivity index (χ0) is 13.1. The maximum absolute atomic E-state index is 8.84. The molecule has 2 aromatic rings. The van der Waals surface area contributed by atoms with Gasteiger partial charge in [0.15, 0.2) is 11.5 Å². The first-order valence-corrected chi connectivity index (χ1v) is 5.62. The first-order valence-electron chi connectivity index (χ1n) is 5.62. The largest absolute Gasteiger partial charge is 0.496 e. The van der Waals surface area contributed by atoms with Gasteiger partial charge in [0, 0.05) is 5.56 Å². The van der Waals surface area contributed by atoms with Crippen LogP contribution in [0.4, 0.5) is 5.82 Å². The smallest absolute Gasteiger partial charge is 0.161 e. The Labute approximate surface area is 105 Å². The molecule has 0 fully saturated rings. The summed E-state index contributed by atoms with van der Waals surface area (Å²) in [6.45, 7) is 2.05. The van der Waals surface area contributed by atoms with Crippen LogP contribution in [0, 0.1) is 11.3 Å². The van der Waals surface area contributed by atoms with Crippen molar-refractivity contribution in [1.29, 1.82) is 5.26 Å². The highest BCUT2D eigenvalue weighted by Crippen LogP contribution is 2.26. The second-order valence-corrected chi connectivity index (χ2v) is 3.84. The van der Waals surface area contributed by atoms with Crippen molar-refractivity contribution in [2.75, 3.05) is 12.8 Å². The van der Waals surface area contributed by atoms with Crippen LogP contribution in [-0.4, -0.2) is 17.1 Å². The van der Waals surface area contributed by atoms with Gasteiger partial charge >= 0.3 is 0 Å². The van der Waals surface area contributed by atoms with E-state index in [4.69, 9.17) is 15.7 Å². The predicted molar refractivity (Wildman–Crippen MR) is 69.1 cm³/mol. The fourth-order valence-corrected chi connectivity index (χ4v) is 1.81. The van der Waals surface area contributed by atoms with Crippen LogP contribution < -0.4 is 10.5 Å². The Morgan fingerprint density at radius 3 is 2.83 bits per heavy atom. The van der Waals surface area contributed by atoms with Crippen LogP contribution in [0.3, 0.4) is 0 Å². The van der Waals surface area contributed by atoms with Gasteiger partial charge in [0.2, 0.25) is 0 Å². The Bertz CT molecular complexity index is 610. The molecule has 18 heavy (non-hydrogen) atoms. The van der Waals surface area contributed by atoms with E-state index in [1.807, 2.05) is 24.3 Å². The molecule has 1 heterocycles. The summed E-state index contributed by atoms with van der Waals surface area (Å²) in [4.78, 5) is 7.04. The minimum absolute atomic E-state index is 0.223. The molecular weight excluding hydrogens is 228 g/mol. The number of H-pyrrole nitrogens is 1. The van der Waals surface area contributed by atoms with Gasteiger partial charge in [-0.2, -0.15) is 5.26 Å². The van der Waals surface area contributed by atoms with Crippen LogP contribution in [0.25, 0.3) is 11.4 Å². The summed E-state index contributed by atoms with van der Waals surface area (Å²) in [6, 6.07) is 7.73. The van der Waals surface area contributed by atoms with E-state index in [2.05, 4.69) is 16.9 Å². The number of methoxy groups -OCH3 is 1. The summed E-state index contributed by atoms with van der Waals surface area (Å²) < 4.78 is 5.27. The Hall–Kier alpha value is -2.48. The third kappa shape index (κ3) is 2.00. The van der Waals surface area contributed by atoms with E-state index >= 15 is 0 Å². The lowest BCUT2D eigenvalue weighted by molar-refractivity contribution is 0.410. The molecular formula is C13H14N4O. The standard InChI is InChI=1S/C13H14N4O/c1-3-8-6-9(4-5-11(8)18-2)13-16-10(7-14)12(15)17-13/h4-6H,3,15H2,1-2H3,(H,16,17). The number of hydrogen-bond donors (Lipinski definition) is 2. The molecule has 0 atom stereocenters. The summed E-state index contributed by atoms with van der Waals surface area (Å²) in [5.41, 5.74) is 7.89. The zero-order valence-electron chi connectivity index (χ0n) is 10.3. The molecule has 3 N–H and O–H groups in total. The minimum atomic E-state index is 0.223. The minimum Gasteiger partial charge on any atom is -0.496 e. The number of nitrogens with zero attached hydrogens (tertiary/aromatic N) is 2. The second-order valence-electron chi connectivity index (χ2n) is 3.84. The Morgan fingerprint density at radius 1 is 1.50 bits per heavy atom.